The highest BCUT2D eigenvalue weighted by Gasteiger charge is 2.21. The van der Waals surface area contributed by atoms with Crippen molar-refractivity contribution in [3.8, 4) is 0 Å². The number of aromatic nitrogens is 2. The molecule has 1 amide bonds. The predicted molar refractivity (Wildman–Crippen MR) is 72.9 cm³/mol. The Hall–Kier alpha value is -2.34. The van der Waals surface area contributed by atoms with Gasteiger partial charge in [-0.3, -0.25) is 4.79 Å². The third kappa shape index (κ3) is 2.97. The summed E-state index contributed by atoms with van der Waals surface area (Å²) in [6, 6.07) is 6.74. The molecule has 2 rings (SSSR count). The molecule has 0 unspecified atom stereocenters. The van der Waals surface area contributed by atoms with Gasteiger partial charge in [-0.1, -0.05) is 23.7 Å². The molecule has 0 saturated heterocycles. The molecule has 104 valence electrons. The van der Waals surface area contributed by atoms with Gasteiger partial charge in [0.05, 0.1) is 12.4 Å². The number of nitrogens with zero attached hydrogens (tertiary/aromatic N) is 1. The number of amides is 1. The highest BCUT2D eigenvalue weighted by Crippen LogP contribution is 2.18. The summed E-state index contributed by atoms with van der Waals surface area (Å²) in [5.41, 5.74) is 0.436. The molecule has 0 fully saturated rings. The average molecular weight is 294 g/mol. The summed E-state index contributed by atoms with van der Waals surface area (Å²) in [5, 5.41) is 12.2. The third-order valence-electron chi connectivity index (χ3n) is 2.76. The number of carboxylic acid groups (broad SMARTS) is 1. The number of carbonyl (C=O) groups is 2. The standard InChI is InChI=1S/C13H12ClN3O3/c1-7(8-3-2-4-9(14)5-8)17-12(18)10-11(13(19)20)16-6-15-10/h2-7H,1H3,(H,15,16)(H,17,18)(H,19,20)/t7-/m0/s1. The van der Waals surface area contributed by atoms with Crippen molar-refractivity contribution < 1.29 is 14.7 Å². The van der Waals surface area contributed by atoms with E-state index in [0.29, 0.717) is 5.02 Å². The monoisotopic (exact) mass is 293 g/mol. The molecule has 0 radical (unpaired) electrons. The van der Waals surface area contributed by atoms with Gasteiger partial charge < -0.3 is 15.4 Å². The number of hydrogen-bond acceptors (Lipinski definition) is 3. The number of aromatic amines is 1. The van der Waals surface area contributed by atoms with Gasteiger partial charge in [0.15, 0.2) is 11.4 Å². The van der Waals surface area contributed by atoms with E-state index in [1.54, 1.807) is 25.1 Å². The third-order valence-corrected chi connectivity index (χ3v) is 3.00. The van der Waals surface area contributed by atoms with Crippen LogP contribution in [-0.2, 0) is 0 Å². The number of aromatic carboxylic acids is 1. The van der Waals surface area contributed by atoms with Gasteiger partial charge in [0.25, 0.3) is 5.91 Å². The first kappa shape index (κ1) is 14.1. The normalized spacial score (nSPS) is 11.9. The van der Waals surface area contributed by atoms with Crippen molar-refractivity contribution in [3.05, 3.63) is 52.6 Å². The lowest BCUT2D eigenvalue weighted by Gasteiger charge is -2.14. The van der Waals surface area contributed by atoms with Crippen LogP contribution in [-0.4, -0.2) is 27.0 Å². The lowest BCUT2D eigenvalue weighted by molar-refractivity contribution is 0.0684. The Kier molecular flexibility index (Phi) is 4.05. The first-order valence-corrected chi connectivity index (χ1v) is 6.20. The zero-order valence-electron chi connectivity index (χ0n) is 10.6. The van der Waals surface area contributed by atoms with E-state index in [9.17, 15) is 9.59 Å². The number of carbonyl (C=O) groups excluding carboxylic acids is 1. The number of H-pyrrole nitrogens is 1. The number of nitrogens with one attached hydrogen (secondary N) is 2. The molecular formula is C13H12ClN3O3. The molecule has 1 atom stereocenters. The van der Waals surface area contributed by atoms with Crippen LogP contribution in [0.2, 0.25) is 5.02 Å². The highest BCUT2D eigenvalue weighted by molar-refractivity contribution is 6.30. The summed E-state index contributed by atoms with van der Waals surface area (Å²) in [6.07, 6.45) is 1.17. The fraction of sp³-hybridized carbons (Fsp3) is 0.154. The van der Waals surface area contributed by atoms with Crippen LogP contribution in [0.4, 0.5) is 0 Å². The molecule has 0 spiro atoms. The fourth-order valence-electron chi connectivity index (χ4n) is 1.75. The average Bonchev–Trinajstić information content (AvgIpc) is 2.88. The second kappa shape index (κ2) is 5.75. The van der Waals surface area contributed by atoms with Gasteiger partial charge in [0.2, 0.25) is 0 Å². The van der Waals surface area contributed by atoms with E-state index in [1.807, 2.05) is 6.07 Å². The number of benzene rings is 1. The molecule has 3 N–H and O–H groups in total. The van der Waals surface area contributed by atoms with Gasteiger partial charge in [0, 0.05) is 5.02 Å². The highest BCUT2D eigenvalue weighted by atomic mass is 35.5. The van der Waals surface area contributed by atoms with Crippen LogP contribution < -0.4 is 5.32 Å². The molecule has 0 bridgehead atoms. The predicted octanol–water partition coefficient (Wildman–Crippen LogP) is 2.25. The lowest BCUT2D eigenvalue weighted by atomic mass is 10.1. The maximum atomic E-state index is 12.0. The molecule has 0 aliphatic carbocycles. The Labute approximate surface area is 119 Å². The number of imidazole rings is 1. The number of hydrogen-bond donors (Lipinski definition) is 3. The Morgan fingerprint density at radius 1 is 1.45 bits per heavy atom. The van der Waals surface area contributed by atoms with Gasteiger partial charge >= 0.3 is 5.97 Å². The Morgan fingerprint density at radius 3 is 2.85 bits per heavy atom. The lowest BCUT2D eigenvalue weighted by Crippen LogP contribution is -2.28. The topological polar surface area (TPSA) is 95.1 Å². The summed E-state index contributed by atoms with van der Waals surface area (Å²) in [7, 11) is 0. The van der Waals surface area contributed by atoms with Crippen LogP contribution in [0.5, 0.6) is 0 Å². The molecule has 1 aromatic carbocycles. The molecule has 0 aliphatic heterocycles. The van der Waals surface area contributed by atoms with Crippen molar-refractivity contribution in [1.82, 2.24) is 15.3 Å². The van der Waals surface area contributed by atoms with Crippen molar-refractivity contribution in [3.63, 3.8) is 0 Å². The smallest absolute Gasteiger partial charge is 0.354 e. The summed E-state index contributed by atoms with van der Waals surface area (Å²) in [6.45, 7) is 1.77. The van der Waals surface area contributed by atoms with E-state index in [4.69, 9.17) is 16.7 Å². The van der Waals surface area contributed by atoms with Gasteiger partial charge in [-0.2, -0.15) is 0 Å². The molecule has 1 heterocycles. The minimum atomic E-state index is -1.23. The Morgan fingerprint density at radius 2 is 2.20 bits per heavy atom. The minimum Gasteiger partial charge on any atom is -0.477 e. The molecule has 20 heavy (non-hydrogen) atoms. The maximum absolute atomic E-state index is 12.0. The summed E-state index contributed by atoms with van der Waals surface area (Å²) < 4.78 is 0. The van der Waals surface area contributed by atoms with Crippen LogP contribution in [0.25, 0.3) is 0 Å². The van der Waals surface area contributed by atoms with E-state index in [2.05, 4.69) is 15.3 Å². The maximum Gasteiger partial charge on any atom is 0.354 e. The van der Waals surface area contributed by atoms with Crippen molar-refractivity contribution in [1.29, 1.82) is 0 Å². The van der Waals surface area contributed by atoms with Crippen molar-refractivity contribution >= 4 is 23.5 Å². The molecule has 6 nitrogen and oxygen atoms in total. The zero-order valence-corrected chi connectivity index (χ0v) is 11.3. The van der Waals surface area contributed by atoms with Crippen LogP contribution in [0.15, 0.2) is 30.6 Å². The minimum absolute atomic E-state index is 0.147. The molecule has 1 aromatic heterocycles. The second-order valence-electron chi connectivity index (χ2n) is 4.18. The number of halogens is 1. The first-order chi connectivity index (χ1) is 9.49. The van der Waals surface area contributed by atoms with Crippen molar-refractivity contribution in [2.24, 2.45) is 0 Å². The van der Waals surface area contributed by atoms with Gasteiger partial charge in [-0.25, -0.2) is 9.78 Å². The SMILES string of the molecule is C[C@H](NC(=O)c1nc[nH]c1C(=O)O)c1cccc(Cl)c1. The van der Waals surface area contributed by atoms with E-state index >= 15 is 0 Å². The van der Waals surface area contributed by atoms with E-state index in [0.717, 1.165) is 5.56 Å². The summed E-state index contributed by atoms with van der Waals surface area (Å²) >= 11 is 5.88. The van der Waals surface area contributed by atoms with E-state index < -0.39 is 11.9 Å². The zero-order chi connectivity index (χ0) is 14.7. The molecule has 7 heteroatoms. The van der Waals surface area contributed by atoms with Crippen molar-refractivity contribution in [2.75, 3.05) is 0 Å². The van der Waals surface area contributed by atoms with E-state index in [1.165, 1.54) is 6.33 Å². The Balaban J connectivity index is 2.15. The molecule has 0 aliphatic rings. The first-order valence-electron chi connectivity index (χ1n) is 5.82. The fourth-order valence-corrected chi connectivity index (χ4v) is 1.95. The van der Waals surface area contributed by atoms with Gasteiger partial charge in [-0.15, -0.1) is 0 Å². The summed E-state index contributed by atoms with van der Waals surface area (Å²) in [4.78, 5) is 29.1. The molecule has 2 aromatic rings. The largest absolute Gasteiger partial charge is 0.477 e. The summed E-state index contributed by atoms with van der Waals surface area (Å²) in [5.74, 6) is -1.79. The number of carboxylic acids is 1. The van der Waals surface area contributed by atoms with E-state index in [-0.39, 0.29) is 17.4 Å². The molecule has 0 saturated carbocycles. The van der Waals surface area contributed by atoms with Gasteiger partial charge in [-0.05, 0) is 24.6 Å². The van der Waals surface area contributed by atoms with Crippen LogP contribution >= 0.6 is 11.6 Å². The van der Waals surface area contributed by atoms with Crippen LogP contribution in [0, 0.1) is 0 Å². The quantitative estimate of drug-likeness (QED) is 0.805. The van der Waals surface area contributed by atoms with Crippen LogP contribution in [0.1, 0.15) is 39.5 Å². The van der Waals surface area contributed by atoms with Crippen molar-refractivity contribution in [2.45, 2.75) is 13.0 Å². The van der Waals surface area contributed by atoms with Crippen LogP contribution in [0.3, 0.4) is 0 Å². The second-order valence-corrected chi connectivity index (χ2v) is 4.62. The molecular weight excluding hydrogens is 282 g/mol. The van der Waals surface area contributed by atoms with Gasteiger partial charge in [0.1, 0.15) is 0 Å². The Bertz CT molecular complexity index is 654. The number of rotatable bonds is 4.